The van der Waals surface area contributed by atoms with Crippen LogP contribution in [0.2, 0.25) is 0 Å². The number of allylic oxidation sites excluding steroid dienone is 6. The van der Waals surface area contributed by atoms with Crippen LogP contribution in [0.1, 0.15) is 24.8 Å². The van der Waals surface area contributed by atoms with Crippen LogP contribution in [0.15, 0.2) is 60.1 Å². The van der Waals surface area contributed by atoms with Crippen LogP contribution in [0.25, 0.3) is 6.08 Å². The molecule has 0 fully saturated rings. The van der Waals surface area contributed by atoms with E-state index >= 15 is 0 Å². The van der Waals surface area contributed by atoms with Crippen molar-refractivity contribution in [2.24, 2.45) is 11.8 Å². The number of carbonyl (C=O) groups is 3. The summed E-state index contributed by atoms with van der Waals surface area (Å²) in [6.07, 6.45) is -5.54. The van der Waals surface area contributed by atoms with E-state index in [0.29, 0.717) is 0 Å². The highest BCUT2D eigenvalue weighted by atomic mass is 19.4. The fourth-order valence-electron chi connectivity index (χ4n) is 3.22. The quantitative estimate of drug-likeness (QED) is 0.191. The summed E-state index contributed by atoms with van der Waals surface area (Å²) in [5.41, 5.74) is -0.0218. The SMILES string of the molecule is O=C(O)CCC(C(=O)/C=C/c1ccc(O)c(OC(F)(F)F)c1)C(=O)/C=C/C1C=CC(O)=C(OC(F)(F)F)C1. The van der Waals surface area contributed by atoms with Gasteiger partial charge in [-0.1, -0.05) is 24.3 Å². The molecule has 2 rings (SSSR count). The number of rotatable bonds is 11. The van der Waals surface area contributed by atoms with Crippen LogP contribution in [0, 0.1) is 11.8 Å². The number of hydrogen-bond acceptors (Lipinski definition) is 7. The van der Waals surface area contributed by atoms with Crippen LogP contribution in [0.4, 0.5) is 26.3 Å². The van der Waals surface area contributed by atoms with Crippen LogP contribution >= 0.6 is 0 Å². The maximum absolute atomic E-state index is 12.7. The number of aliphatic carboxylic acids is 1. The highest BCUT2D eigenvalue weighted by Gasteiger charge is 2.35. The molecule has 3 N–H and O–H groups in total. The lowest BCUT2D eigenvalue weighted by Crippen LogP contribution is -2.22. The van der Waals surface area contributed by atoms with Gasteiger partial charge in [0.2, 0.25) is 0 Å². The van der Waals surface area contributed by atoms with Gasteiger partial charge in [-0.3, -0.25) is 14.4 Å². The zero-order chi connectivity index (χ0) is 28.7. The lowest BCUT2D eigenvalue weighted by Gasteiger charge is -2.19. The van der Waals surface area contributed by atoms with Gasteiger partial charge in [-0.25, -0.2) is 0 Å². The first-order valence-corrected chi connectivity index (χ1v) is 10.6. The van der Waals surface area contributed by atoms with Gasteiger partial charge in [-0.15, -0.1) is 26.3 Å². The molecule has 0 radical (unpaired) electrons. The number of phenols is 1. The standard InChI is InChI=1S/C24H20F6O8/c25-23(26,27)37-20-11-13(3-8-18(20)33)1-6-16(31)15(5-10-22(35)36)17(32)7-2-14-4-9-19(34)21(12-14)38-24(28,29)30/h1-4,6-9,11,14-15,33-34H,5,10,12H2,(H,35,36)/b6-1+,7-2+. The average Bonchev–Trinajstić information content (AvgIpc) is 2.78. The van der Waals surface area contributed by atoms with Crippen LogP contribution in [0.5, 0.6) is 11.5 Å². The number of carboxylic acid groups (broad SMARTS) is 1. The molecule has 0 saturated carbocycles. The number of ether oxygens (including phenoxy) is 2. The maximum Gasteiger partial charge on any atom is 0.573 e. The lowest BCUT2D eigenvalue weighted by molar-refractivity contribution is -0.308. The van der Waals surface area contributed by atoms with Gasteiger partial charge >= 0.3 is 18.7 Å². The number of carbonyl (C=O) groups excluding carboxylic acids is 2. The van der Waals surface area contributed by atoms with Crippen LogP contribution in [0.3, 0.4) is 0 Å². The molecule has 206 valence electrons. The van der Waals surface area contributed by atoms with E-state index in [1.165, 1.54) is 6.08 Å². The molecule has 0 saturated heterocycles. The lowest BCUT2D eigenvalue weighted by atomic mass is 9.91. The summed E-state index contributed by atoms with van der Waals surface area (Å²) in [5, 5.41) is 28.0. The number of phenolic OH excluding ortho intramolecular Hbond substituents is 1. The van der Waals surface area contributed by atoms with Gasteiger partial charge in [0.25, 0.3) is 0 Å². The molecule has 1 aromatic carbocycles. The van der Waals surface area contributed by atoms with E-state index in [0.717, 1.165) is 48.6 Å². The zero-order valence-corrected chi connectivity index (χ0v) is 19.1. The Bertz CT molecular complexity index is 1180. The number of aliphatic hydroxyl groups excluding tert-OH is 1. The van der Waals surface area contributed by atoms with Gasteiger partial charge in [0, 0.05) is 18.8 Å². The van der Waals surface area contributed by atoms with Gasteiger partial charge < -0.3 is 24.8 Å². The van der Waals surface area contributed by atoms with Crippen LogP contribution in [-0.4, -0.2) is 45.6 Å². The van der Waals surface area contributed by atoms with Crippen molar-refractivity contribution in [1.82, 2.24) is 0 Å². The average molecular weight is 550 g/mol. The van der Waals surface area contributed by atoms with Crippen LogP contribution < -0.4 is 4.74 Å². The van der Waals surface area contributed by atoms with Crippen molar-refractivity contribution >= 4 is 23.6 Å². The number of benzene rings is 1. The zero-order valence-electron chi connectivity index (χ0n) is 19.1. The van der Waals surface area contributed by atoms with Crippen LogP contribution in [-0.2, 0) is 19.1 Å². The van der Waals surface area contributed by atoms with Crippen molar-refractivity contribution in [2.75, 3.05) is 0 Å². The molecule has 0 heterocycles. The smallest absolute Gasteiger partial charge is 0.504 e. The molecule has 1 aliphatic rings. The van der Waals surface area contributed by atoms with E-state index in [-0.39, 0.29) is 5.56 Å². The second kappa shape index (κ2) is 12.3. The molecule has 0 spiro atoms. The fraction of sp³-hybridized carbons (Fsp3) is 0.292. The van der Waals surface area contributed by atoms with Crippen molar-refractivity contribution in [3.8, 4) is 11.5 Å². The molecule has 0 amide bonds. The van der Waals surface area contributed by atoms with E-state index in [1.807, 2.05) is 0 Å². The second-order valence-electron chi connectivity index (χ2n) is 7.84. The van der Waals surface area contributed by atoms with Crippen molar-refractivity contribution in [1.29, 1.82) is 0 Å². The third kappa shape index (κ3) is 10.0. The fourth-order valence-corrected chi connectivity index (χ4v) is 3.22. The molecule has 0 bridgehead atoms. The molecule has 38 heavy (non-hydrogen) atoms. The summed E-state index contributed by atoms with van der Waals surface area (Å²) in [7, 11) is 0. The van der Waals surface area contributed by atoms with Crippen molar-refractivity contribution in [3.63, 3.8) is 0 Å². The molecular weight excluding hydrogens is 530 g/mol. The first-order valence-electron chi connectivity index (χ1n) is 10.6. The summed E-state index contributed by atoms with van der Waals surface area (Å²) in [4.78, 5) is 36.3. The van der Waals surface area contributed by atoms with E-state index in [2.05, 4.69) is 9.47 Å². The van der Waals surface area contributed by atoms with E-state index < -0.39 is 84.4 Å². The number of ketones is 2. The molecule has 8 nitrogen and oxygen atoms in total. The van der Waals surface area contributed by atoms with Gasteiger partial charge in [0.05, 0.1) is 5.92 Å². The highest BCUT2D eigenvalue weighted by Crippen LogP contribution is 2.33. The maximum atomic E-state index is 12.7. The number of alkyl halides is 6. The summed E-state index contributed by atoms with van der Waals surface area (Å²) < 4.78 is 82.2. The minimum atomic E-state index is -5.10. The van der Waals surface area contributed by atoms with Crippen molar-refractivity contribution in [3.05, 3.63) is 65.7 Å². The Labute approximate surface area is 210 Å². The van der Waals surface area contributed by atoms with E-state index in [1.54, 1.807) is 0 Å². The highest BCUT2D eigenvalue weighted by molar-refractivity contribution is 6.12. The number of hydrogen-bond donors (Lipinski definition) is 3. The monoisotopic (exact) mass is 550 g/mol. The molecule has 14 heteroatoms. The van der Waals surface area contributed by atoms with Gasteiger partial charge in [0.15, 0.2) is 28.8 Å². The number of aliphatic hydroxyl groups is 1. The van der Waals surface area contributed by atoms with Crippen molar-refractivity contribution in [2.45, 2.75) is 32.0 Å². The largest absolute Gasteiger partial charge is 0.573 e. The van der Waals surface area contributed by atoms with E-state index in [9.17, 15) is 50.9 Å². The molecule has 0 aliphatic heterocycles. The summed E-state index contributed by atoms with van der Waals surface area (Å²) >= 11 is 0. The predicted molar refractivity (Wildman–Crippen MR) is 117 cm³/mol. The first-order chi connectivity index (χ1) is 17.5. The Morgan fingerprint density at radius 2 is 1.63 bits per heavy atom. The normalized spacial score (nSPS) is 17.2. The van der Waals surface area contributed by atoms with Gasteiger partial charge in [0.1, 0.15) is 5.76 Å². The third-order valence-electron chi connectivity index (χ3n) is 4.94. The number of aromatic hydroxyl groups is 1. The third-order valence-corrected chi connectivity index (χ3v) is 4.94. The molecule has 1 aliphatic carbocycles. The molecule has 2 unspecified atom stereocenters. The first kappa shape index (κ1) is 30.0. The summed E-state index contributed by atoms with van der Waals surface area (Å²) in [6.45, 7) is 0. The van der Waals surface area contributed by atoms with Crippen molar-refractivity contribution < 1.29 is 65.5 Å². The predicted octanol–water partition coefficient (Wildman–Crippen LogP) is 5.36. The number of halogens is 6. The summed E-state index contributed by atoms with van der Waals surface area (Å²) in [6, 6.07) is 2.80. The second-order valence-corrected chi connectivity index (χ2v) is 7.84. The Morgan fingerprint density at radius 3 is 2.24 bits per heavy atom. The minimum Gasteiger partial charge on any atom is -0.504 e. The Morgan fingerprint density at radius 1 is 1.00 bits per heavy atom. The molecule has 2 atom stereocenters. The molecular formula is C24H20F6O8. The Hall–Kier alpha value is -4.23. The Kier molecular flexibility index (Phi) is 9.74. The van der Waals surface area contributed by atoms with Gasteiger partial charge in [-0.2, -0.15) is 0 Å². The van der Waals surface area contributed by atoms with Gasteiger partial charge in [-0.05, 0) is 42.3 Å². The van der Waals surface area contributed by atoms with E-state index in [4.69, 9.17) is 5.11 Å². The Balaban J connectivity index is 2.17. The number of carboxylic acids is 1. The summed E-state index contributed by atoms with van der Waals surface area (Å²) in [5.74, 6) is -8.76. The molecule has 0 aromatic heterocycles. The minimum absolute atomic E-state index is 0.0218. The molecule has 1 aromatic rings. The topological polar surface area (TPSA) is 130 Å².